The highest BCUT2D eigenvalue weighted by Gasteiger charge is 2.32. The van der Waals surface area contributed by atoms with Crippen molar-refractivity contribution in [3.63, 3.8) is 0 Å². The second kappa shape index (κ2) is 8.39. The Balaban J connectivity index is 1.81. The second-order valence-corrected chi connectivity index (χ2v) is 8.72. The fourth-order valence-corrected chi connectivity index (χ4v) is 3.64. The molecule has 2 heterocycles. The Hall–Kier alpha value is -1.30. The zero-order chi connectivity index (χ0) is 18.6. The molecule has 144 valence electrons. The van der Waals surface area contributed by atoms with E-state index in [1.54, 1.807) is 4.90 Å². The molecule has 0 aliphatic carbocycles. The maximum atomic E-state index is 12.8. The van der Waals surface area contributed by atoms with Gasteiger partial charge in [-0.2, -0.15) is 0 Å². The minimum atomic E-state index is -0.460. The van der Waals surface area contributed by atoms with E-state index < -0.39 is 5.60 Å². The first kappa shape index (κ1) is 20.0. The van der Waals surface area contributed by atoms with Crippen LogP contribution in [0.4, 0.5) is 4.79 Å². The second-order valence-electron chi connectivity index (χ2n) is 8.72. The predicted molar refractivity (Wildman–Crippen MR) is 98.4 cm³/mol. The molecular weight excluding hydrogens is 318 g/mol. The fraction of sp³-hybridized carbons (Fsp3) is 0.895. The Kier molecular flexibility index (Phi) is 6.72. The molecule has 0 saturated carbocycles. The summed E-state index contributed by atoms with van der Waals surface area (Å²) in [6.45, 7) is 13.9. The zero-order valence-corrected chi connectivity index (χ0v) is 16.5. The van der Waals surface area contributed by atoms with Gasteiger partial charge >= 0.3 is 6.09 Å². The molecule has 1 atom stereocenters. The minimum absolute atomic E-state index is 0.237. The van der Waals surface area contributed by atoms with E-state index in [1.807, 2.05) is 20.8 Å². The van der Waals surface area contributed by atoms with Gasteiger partial charge in [0, 0.05) is 45.2 Å². The molecule has 0 aromatic carbocycles. The molecule has 6 nitrogen and oxygen atoms in total. The van der Waals surface area contributed by atoms with Crippen LogP contribution >= 0.6 is 0 Å². The van der Waals surface area contributed by atoms with Gasteiger partial charge < -0.3 is 19.9 Å². The normalized spacial score (nSPS) is 23.0. The molecule has 2 aliphatic rings. The van der Waals surface area contributed by atoms with Crippen molar-refractivity contribution in [2.45, 2.75) is 65.5 Å². The zero-order valence-electron chi connectivity index (χ0n) is 16.5. The number of piperidine rings is 1. The summed E-state index contributed by atoms with van der Waals surface area (Å²) in [7, 11) is 0. The molecule has 2 fully saturated rings. The van der Waals surface area contributed by atoms with Gasteiger partial charge in [0.05, 0.1) is 0 Å². The number of ether oxygens (including phenoxy) is 1. The van der Waals surface area contributed by atoms with Gasteiger partial charge in [0.2, 0.25) is 5.91 Å². The van der Waals surface area contributed by atoms with Gasteiger partial charge in [0.25, 0.3) is 0 Å². The van der Waals surface area contributed by atoms with Crippen LogP contribution in [0.3, 0.4) is 0 Å². The summed E-state index contributed by atoms with van der Waals surface area (Å²) < 4.78 is 5.43. The quantitative estimate of drug-likeness (QED) is 0.847. The summed E-state index contributed by atoms with van der Waals surface area (Å²) in [5.74, 6) is 1.11. The van der Waals surface area contributed by atoms with Crippen molar-refractivity contribution in [1.29, 1.82) is 0 Å². The fourth-order valence-electron chi connectivity index (χ4n) is 3.64. The lowest BCUT2D eigenvalue weighted by Crippen LogP contribution is -2.56. The number of piperazine rings is 1. The third-order valence-electron chi connectivity index (χ3n) is 5.10. The number of nitrogens with zero attached hydrogens (tertiary/aromatic N) is 2. The van der Waals surface area contributed by atoms with Crippen LogP contribution in [-0.2, 0) is 9.53 Å². The van der Waals surface area contributed by atoms with Crippen molar-refractivity contribution in [1.82, 2.24) is 15.1 Å². The third-order valence-corrected chi connectivity index (χ3v) is 5.10. The number of nitrogens with one attached hydrogen (secondary N) is 1. The molecule has 0 spiro atoms. The highest BCUT2D eigenvalue weighted by Crippen LogP contribution is 2.24. The number of hydrogen-bond acceptors (Lipinski definition) is 4. The average molecular weight is 354 g/mol. The highest BCUT2D eigenvalue weighted by molar-refractivity contribution is 5.77. The van der Waals surface area contributed by atoms with Crippen LogP contribution in [0.15, 0.2) is 0 Å². The average Bonchev–Trinajstić information content (AvgIpc) is 2.53. The van der Waals surface area contributed by atoms with E-state index in [2.05, 4.69) is 24.1 Å². The molecule has 0 aromatic heterocycles. The van der Waals surface area contributed by atoms with Crippen LogP contribution in [0.2, 0.25) is 0 Å². The molecule has 2 saturated heterocycles. The van der Waals surface area contributed by atoms with Crippen molar-refractivity contribution >= 4 is 12.0 Å². The van der Waals surface area contributed by atoms with E-state index in [0.29, 0.717) is 37.4 Å². The molecule has 0 aromatic rings. The number of hydrogen-bond donors (Lipinski definition) is 1. The van der Waals surface area contributed by atoms with Gasteiger partial charge in [0.15, 0.2) is 0 Å². The van der Waals surface area contributed by atoms with E-state index in [9.17, 15) is 9.59 Å². The Labute approximate surface area is 152 Å². The van der Waals surface area contributed by atoms with Gasteiger partial charge in [-0.1, -0.05) is 13.8 Å². The Bertz CT molecular complexity index is 465. The summed E-state index contributed by atoms with van der Waals surface area (Å²) in [4.78, 5) is 28.7. The third kappa shape index (κ3) is 5.87. The van der Waals surface area contributed by atoms with Crippen LogP contribution < -0.4 is 5.32 Å². The monoisotopic (exact) mass is 353 g/mol. The summed E-state index contributed by atoms with van der Waals surface area (Å²) in [5, 5.41) is 3.39. The van der Waals surface area contributed by atoms with Crippen LogP contribution in [0.25, 0.3) is 0 Å². The van der Waals surface area contributed by atoms with Gasteiger partial charge in [-0.15, -0.1) is 0 Å². The van der Waals surface area contributed by atoms with E-state index >= 15 is 0 Å². The Morgan fingerprint density at radius 2 is 1.80 bits per heavy atom. The first-order chi connectivity index (χ1) is 11.7. The lowest BCUT2D eigenvalue weighted by molar-refractivity contribution is -0.136. The van der Waals surface area contributed by atoms with Gasteiger partial charge in [-0.05, 0) is 45.4 Å². The van der Waals surface area contributed by atoms with Gasteiger partial charge in [0.1, 0.15) is 5.60 Å². The largest absolute Gasteiger partial charge is 0.444 e. The lowest BCUT2D eigenvalue weighted by atomic mass is 9.92. The first-order valence-electron chi connectivity index (χ1n) is 9.65. The first-order valence-corrected chi connectivity index (χ1v) is 9.65. The Morgan fingerprint density at radius 3 is 2.36 bits per heavy atom. The van der Waals surface area contributed by atoms with Crippen molar-refractivity contribution in [3.8, 4) is 0 Å². The van der Waals surface area contributed by atoms with Crippen molar-refractivity contribution in [2.24, 2.45) is 11.8 Å². The molecule has 0 radical (unpaired) electrons. The Morgan fingerprint density at radius 1 is 1.16 bits per heavy atom. The van der Waals surface area contributed by atoms with Crippen LogP contribution in [0.5, 0.6) is 0 Å². The molecule has 2 amide bonds. The number of rotatable bonds is 3. The smallest absolute Gasteiger partial charge is 0.410 e. The van der Waals surface area contributed by atoms with Crippen LogP contribution in [0.1, 0.15) is 53.9 Å². The van der Waals surface area contributed by atoms with E-state index in [1.165, 1.54) is 0 Å². The maximum absolute atomic E-state index is 12.8. The van der Waals surface area contributed by atoms with Crippen molar-refractivity contribution in [2.75, 3.05) is 32.7 Å². The summed E-state index contributed by atoms with van der Waals surface area (Å²) in [5.41, 5.74) is -0.460. The van der Waals surface area contributed by atoms with Crippen LogP contribution in [-0.4, -0.2) is 66.2 Å². The molecule has 25 heavy (non-hydrogen) atoms. The standard InChI is InChI=1S/C19H35N3O3/c1-14(2)16-13-20-8-11-22(16)17(23)12-15-6-9-21(10-7-15)18(24)25-19(3,4)5/h14-16,20H,6-13H2,1-5H3/t16-/m1/s1. The summed E-state index contributed by atoms with van der Waals surface area (Å²) >= 11 is 0. The topological polar surface area (TPSA) is 61.9 Å². The van der Waals surface area contributed by atoms with Crippen molar-refractivity contribution in [3.05, 3.63) is 0 Å². The lowest BCUT2D eigenvalue weighted by Gasteiger charge is -2.40. The molecule has 6 heteroatoms. The summed E-state index contributed by atoms with van der Waals surface area (Å²) in [6, 6.07) is 0.295. The van der Waals surface area contributed by atoms with E-state index in [4.69, 9.17) is 4.74 Å². The molecule has 1 N–H and O–H groups in total. The maximum Gasteiger partial charge on any atom is 0.410 e. The number of amides is 2. The number of carbonyl (C=O) groups excluding carboxylic acids is 2. The number of likely N-dealkylation sites (tertiary alicyclic amines) is 1. The predicted octanol–water partition coefficient (Wildman–Crippen LogP) is 2.48. The number of carbonyl (C=O) groups is 2. The highest BCUT2D eigenvalue weighted by atomic mass is 16.6. The SMILES string of the molecule is CC(C)[C@H]1CNCCN1C(=O)CC1CCN(C(=O)OC(C)(C)C)CC1. The van der Waals surface area contributed by atoms with E-state index in [-0.39, 0.29) is 12.0 Å². The van der Waals surface area contributed by atoms with Crippen molar-refractivity contribution < 1.29 is 14.3 Å². The molecule has 2 aliphatic heterocycles. The summed E-state index contributed by atoms with van der Waals surface area (Å²) in [6.07, 6.45) is 2.12. The minimum Gasteiger partial charge on any atom is -0.444 e. The molecule has 0 bridgehead atoms. The molecule has 2 rings (SSSR count). The van der Waals surface area contributed by atoms with Gasteiger partial charge in [-0.3, -0.25) is 4.79 Å². The van der Waals surface area contributed by atoms with E-state index in [0.717, 1.165) is 32.5 Å². The molecular formula is C19H35N3O3. The van der Waals surface area contributed by atoms with Crippen LogP contribution in [0, 0.1) is 11.8 Å². The van der Waals surface area contributed by atoms with Gasteiger partial charge in [-0.25, -0.2) is 4.79 Å². The molecule has 0 unspecified atom stereocenters.